The van der Waals surface area contributed by atoms with E-state index >= 15 is 0 Å². The Morgan fingerprint density at radius 2 is 0.808 bits per heavy atom. The predicted molar refractivity (Wildman–Crippen MR) is 304 cm³/mol. The first-order valence-corrected chi connectivity index (χ1v) is 25.2. The van der Waals surface area contributed by atoms with Crippen molar-refractivity contribution < 1.29 is 4.42 Å². The number of anilines is 3. The summed E-state index contributed by atoms with van der Waals surface area (Å²) in [6, 6.07) is 100. The maximum Gasteiger partial charge on any atom is 0.136 e. The second-order valence-corrected chi connectivity index (χ2v) is 19.5. The predicted octanol–water partition coefficient (Wildman–Crippen LogP) is 19.2. The molecule has 1 heterocycles. The minimum Gasteiger partial charge on any atom is -0.456 e. The Hall–Kier alpha value is -9.50. The van der Waals surface area contributed by atoms with Gasteiger partial charge in [-0.2, -0.15) is 0 Å². The van der Waals surface area contributed by atoms with Gasteiger partial charge in [0, 0.05) is 27.6 Å². The van der Waals surface area contributed by atoms with Gasteiger partial charge in [0.2, 0.25) is 0 Å². The van der Waals surface area contributed by atoms with Crippen molar-refractivity contribution >= 4 is 49.8 Å². The van der Waals surface area contributed by atoms with Crippen LogP contribution in [-0.4, -0.2) is 0 Å². The first-order chi connectivity index (χ1) is 36.2. The molecule has 2 aliphatic carbocycles. The normalized spacial score (nSPS) is 12.8. The number of fused-ring (bicyclic) bond motifs is 14. The summed E-state index contributed by atoms with van der Waals surface area (Å²) < 4.78 is 6.71. The first kappa shape index (κ1) is 41.3. The molecule has 0 bridgehead atoms. The van der Waals surface area contributed by atoms with Gasteiger partial charge in [-0.3, -0.25) is 0 Å². The second-order valence-electron chi connectivity index (χ2n) is 19.5. The van der Waals surface area contributed by atoms with E-state index < -0.39 is 5.41 Å². The smallest absolute Gasteiger partial charge is 0.136 e. The van der Waals surface area contributed by atoms with Gasteiger partial charge < -0.3 is 9.32 Å². The standard InChI is InChI=1S/C71H45NO/c1-3-19-47(20-4-1)53-42-39-51(43-59(53)48-21-5-2-6-22-48)46-37-40-52(41-38-46)72(65-34-16-12-27-56(65)57-29-17-36-67-69(57)60-44-49-23-7-8-24-50(49)45-68(60)73-67)66-35-18-33-64-70(66)58-28-11-15-32-63(58)71(64)61-30-13-9-25-54(61)55-26-10-14-31-62(55)71/h1-45H. The molecule has 0 saturated carbocycles. The monoisotopic (exact) mass is 927 g/mol. The quantitative estimate of drug-likeness (QED) is 0.158. The Morgan fingerprint density at radius 3 is 1.52 bits per heavy atom. The van der Waals surface area contributed by atoms with Gasteiger partial charge in [0.05, 0.1) is 16.8 Å². The summed E-state index contributed by atoms with van der Waals surface area (Å²) in [6.07, 6.45) is 0. The minimum atomic E-state index is -0.489. The molecule has 2 aliphatic rings. The van der Waals surface area contributed by atoms with Crippen LogP contribution in [0.15, 0.2) is 277 Å². The van der Waals surface area contributed by atoms with Crippen molar-refractivity contribution in [3.63, 3.8) is 0 Å². The molecule has 340 valence electrons. The lowest BCUT2D eigenvalue weighted by atomic mass is 9.70. The summed E-state index contributed by atoms with van der Waals surface area (Å²) in [5, 5.41) is 4.58. The lowest BCUT2D eigenvalue weighted by Gasteiger charge is -2.32. The SMILES string of the molecule is c1ccc(-c2ccc(-c3ccc(N(c4ccccc4-c4cccc5oc6cc7ccccc7cc6c45)c4cccc5c4-c4ccccc4C54c5ccccc5-c5ccccc54)cc3)cc2-c2ccccc2)cc1. The van der Waals surface area contributed by atoms with Crippen LogP contribution in [-0.2, 0) is 5.41 Å². The number of hydrogen-bond acceptors (Lipinski definition) is 2. The minimum absolute atomic E-state index is 0.489. The van der Waals surface area contributed by atoms with E-state index in [1.54, 1.807) is 0 Å². The third-order valence-corrected chi connectivity index (χ3v) is 15.7. The van der Waals surface area contributed by atoms with E-state index in [4.69, 9.17) is 4.42 Å². The van der Waals surface area contributed by atoms with Crippen molar-refractivity contribution in [1.29, 1.82) is 0 Å². The summed E-state index contributed by atoms with van der Waals surface area (Å²) in [4.78, 5) is 2.52. The zero-order valence-corrected chi connectivity index (χ0v) is 39.8. The van der Waals surface area contributed by atoms with Gasteiger partial charge in [-0.15, -0.1) is 0 Å². The van der Waals surface area contributed by atoms with Gasteiger partial charge in [-0.1, -0.05) is 224 Å². The highest BCUT2D eigenvalue weighted by molar-refractivity contribution is 6.17. The van der Waals surface area contributed by atoms with Crippen molar-refractivity contribution in [1.82, 2.24) is 0 Å². The van der Waals surface area contributed by atoms with E-state index in [0.717, 1.165) is 66.6 Å². The molecule has 0 radical (unpaired) electrons. The van der Waals surface area contributed by atoms with Gasteiger partial charge in [-0.25, -0.2) is 0 Å². The molecule has 2 nitrogen and oxygen atoms in total. The summed E-state index contributed by atoms with van der Waals surface area (Å²) >= 11 is 0. The van der Waals surface area contributed by atoms with Crippen LogP contribution in [0, 0.1) is 0 Å². The molecule has 15 rings (SSSR count). The third kappa shape index (κ3) is 6.17. The number of furan rings is 1. The Bertz CT molecular complexity index is 4270. The van der Waals surface area contributed by atoms with Gasteiger partial charge in [0.25, 0.3) is 0 Å². The molecule has 13 aromatic rings. The maximum absolute atomic E-state index is 6.71. The molecule has 0 amide bonds. The molecular formula is C71H45NO. The Labute approximate surface area is 424 Å². The molecule has 2 heteroatoms. The molecular weight excluding hydrogens is 883 g/mol. The molecule has 73 heavy (non-hydrogen) atoms. The zero-order valence-electron chi connectivity index (χ0n) is 39.8. The Kier molecular flexibility index (Phi) is 9.21. The average molecular weight is 928 g/mol. The molecule has 1 aromatic heterocycles. The van der Waals surface area contributed by atoms with E-state index in [9.17, 15) is 0 Å². The van der Waals surface area contributed by atoms with E-state index in [2.05, 4.69) is 278 Å². The first-order valence-electron chi connectivity index (χ1n) is 25.2. The lowest BCUT2D eigenvalue weighted by molar-refractivity contribution is 0.669. The number of benzene rings is 12. The van der Waals surface area contributed by atoms with Crippen molar-refractivity contribution in [3.8, 4) is 66.8 Å². The van der Waals surface area contributed by atoms with E-state index in [0.29, 0.717) is 0 Å². The number of hydrogen-bond donors (Lipinski definition) is 0. The molecule has 0 aliphatic heterocycles. The van der Waals surface area contributed by atoms with Crippen LogP contribution < -0.4 is 4.90 Å². The van der Waals surface area contributed by atoms with Crippen molar-refractivity contribution in [2.45, 2.75) is 5.41 Å². The number of nitrogens with zero attached hydrogens (tertiary/aromatic N) is 1. The number of rotatable bonds is 7. The topological polar surface area (TPSA) is 16.4 Å². The van der Waals surface area contributed by atoms with Crippen LogP contribution in [0.4, 0.5) is 17.1 Å². The summed E-state index contributed by atoms with van der Waals surface area (Å²) in [6.45, 7) is 0. The Morgan fingerprint density at radius 1 is 0.288 bits per heavy atom. The van der Waals surface area contributed by atoms with Gasteiger partial charge >= 0.3 is 0 Å². The molecule has 0 unspecified atom stereocenters. The highest BCUT2D eigenvalue weighted by atomic mass is 16.3. The van der Waals surface area contributed by atoms with Gasteiger partial charge in [-0.05, 0) is 137 Å². The molecule has 0 N–H and O–H groups in total. The summed E-state index contributed by atoms with van der Waals surface area (Å²) in [5.41, 5.74) is 24.3. The van der Waals surface area contributed by atoms with Crippen molar-refractivity contribution in [2.24, 2.45) is 0 Å². The third-order valence-electron chi connectivity index (χ3n) is 15.7. The molecule has 0 saturated heterocycles. The summed E-state index contributed by atoms with van der Waals surface area (Å²) in [7, 11) is 0. The van der Waals surface area contributed by atoms with Crippen LogP contribution in [0.1, 0.15) is 22.3 Å². The average Bonchev–Trinajstić information content (AvgIpc) is 4.09. The van der Waals surface area contributed by atoms with Crippen LogP contribution in [0.3, 0.4) is 0 Å². The fourth-order valence-electron chi connectivity index (χ4n) is 12.6. The maximum atomic E-state index is 6.71. The fraction of sp³-hybridized carbons (Fsp3) is 0.0141. The Balaban J connectivity index is 0.968. The van der Waals surface area contributed by atoms with E-state index in [-0.39, 0.29) is 0 Å². The molecule has 12 aromatic carbocycles. The van der Waals surface area contributed by atoms with E-state index in [1.165, 1.54) is 72.1 Å². The molecule has 0 atom stereocenters. The van der Waals surface area contributed by atoms with Crippen molar-refractivity contribution in [2.75, 3.05) is 4.90 Å². The highest BCUT2D eigenvalue weighted by Crippen LogP contribution is 2.65. The van der Waals surface area contributed by atoms with Gasteiger partial charge in [0.1, 0.15) is 11.2 Å². The largest absolute Gasteiger partial charge is 0.456 e. The van der Waals surface area contributed by atoms with Gasteiger partial charge in [0.15, 0.2) is 0 Å². The van der Waals surface area contributed by atoms with Crippen LogP contribution in [0.25, 0.3) is 99.5 Å². The zero-order chi connectivity index (χ0) is 48.0. The summed E-state index contributed by atoms with van der Waals surface area (Å²) in [5.74, 6) is 0. The lowest BCUT2D eigenvalue weighted by Crippen LogP contribution is -2.26. The van der Waals surface area contributed by atoms with Crippen LogP contribution in [0.5, 0.6) is 0 Å². The second kappa shape index (κ2) is 16.3. The fourth-order valence-corrected chi connectivity index (χ4v) is 12.6. The molecule has 0 fully saturated rings. The van der Waals surface area contributed by atoms with Crippen LogP contribution in [0.2, 0.25) is 0 Å². The van der Waals surface area contributed by atoms with Crippen molar-refractivity contribution in [3.05, 3.63) is 295 Å². The van der Waals surface area contributed by atoms with E-state index in [1.807, 2.05) is 0 Å². The highest BCUT2D eigenvalue weighted by Gasteiger charge is 2.52. The van der Waals surface area contributed by atoms with Crippen LogP contribution >= 0.6 is 0 Å². The molecule has 1 spiro atoms. The number of para-hydroxylation sites is 1.